The highest BCUT2D eigenvalue weighted by Crippen LogP contribution is 2.19. The molecule has 4 nitrogen and oxygen atoms in total. The fourth-order valence-corrected chi connectivity index (χ4v) is 2.14. The van der Waals surface area contributed by atoms with Gasteiger partial charge in [0.05, 0.1) is 0 Å². The van der Waals surface area contributed by atoms with Crippen LogP contribution in [0.25, 0.3) is 0 Å². The summed E-state index contributed by atoms with van der Waals surface area (Å²) in [6.45, 7) is 1.77. The van der Waals surface area contributed by atoms with Crippen LogP contribution in [0.1, 0.15) is 24.0 Å². The minimum absolute atomic E-state index is 0.740. The Morgan fingerprint density at radius 2 is 1.95 bits per heavy atom. The van der Waals surface area contributed by atoms with E-state index in [0.29, 0.717) is 0 Å². The molecule has 1 aliphatic carbocycles. The molecule has 0 saturated heterocycles. The fourth-order valence-electron chi connectivity index (χ4n) is 2.14. The van der Waals surface area contributed by atoms with Crippen molar-refractivity contribution in [2.45, 2.75) is 32.0 Å². The van der Waals surface area contributed by atoms with Crippen molar-refractivity contribution in [2.24, 2.45) is 0 Å². The van der Waals surface area contributed by atoms with Crippen molar-refractivity contribution in [1.82, 2.24) is 15.3 Å². The van der Waals surface area contributed by atoms with Gasteiger partial charge in [0.25, 0.3) is 0 Å². The second-order valence-electron chi connectivity index (χ2n) is 5.39. The maximum absolute atomic E-state index is 4.54. The third-order valence-electron chi connectivity index (χ3n) is 3.54. The average Bonchev–Trinajstić information content (AvgIpc) is 3.31. The normalized spacial score (nSPS) is 14.2. The molecule has 1 aliphatic rings. The van der Waals surface area contributed by atoms with Crippen LogP contribution in [-0.2, 0) is 13.1 Å². The Bertz CT molecular complexity index is 534. The first-order valence-electron chi connectivity index (χ1n) is 7.09. The number of hydrogen-bond donors (Lipinski definition) is 1. The standard InChI is InChI=1S/C16H20N4/c1-20(12-13-6-8-17-9-7-13)16-5-2-14(11-19-16)10-18-15-3-4-15/h2,5-9,11,15,18H,3-4,10,12H2,1H3. The van der Waals surface area contributed by atoms with Gasteiger partial charge in [0, 0.05) is 44.8 Å². The van der Waals surface area contributed by atoms with Gasteiger partial charge in [0.2, 0.25) is 0 Å². The molecule has 0 bridgehead atoms. The SMILES string of the molecule is CN(Cc1ccncc1)c1ccc(CNC2CC2)cn1. The molecule has 3 rings (SSSR count). The molecule has 0 radical (unpaired) electrons. The van der Waals surface area contributed by atoms with E-state index < -0.39 is 0 Å². The highest BCUT2D eigenvalue weighted by Gasteiger charge is 2.19. The van der Waals surface area contributed by atoms with Gasteiger partial charge in [-0.2, -0.15) is 0 Å². The van der Waals surface area contributed by atoms with Gasteiger partial charge >= 0.3 is 0 Å². The van der Waals surface area contributed by atoms with Crippen LogP contribution in [0.4, 0.5) is 5.82 Å². The molecule has 1 N–H and O–H groups in total. The lowest BCUT2D eigenvalue weighted by atomic mass is 10.2. The lowest BCUT2D eigenvalue weighted by molar-refractivity contribution is 0.685. The van der Waals surface area contributed by atoms with E-state index in [9.17, 15) is 0 Å². The van der Waals surface area contributed by atoms with Crippen molar-refractivity contribution in [3.63, 3.8) is 0 Å². The number of nitrogens with one attached hydrogen (secondary N) is 1. The quantitative estimate of drug-likeness (QED) is 0.873. The van der Waals surface area contributed by atoms with Crippen LogP contribution in [0.3, 0.4) is 0 Å². The van der Waals surface area contributed by atoms with E-state index in [4.69, 9.17) is 0 Å². The Kier molecular flexibility index (Phi) is 3.92. The predicted octanol–water partition coefficient (Wildman–Crippen LogP) is 2.37. The van der Waals surface area contributed by atoms with Gasteiger partial charge in [-0.05, 0) is 42.2 Å². The summed E-state index contributed by atoms with van der Waals surface area (Å²) in [5.74, 6) is 0.997. The maximum Gasteiger partial charge on any atom is 0.128 e. The van der Waals surface area contributed by atoms with E-state index in [1.54, 1.807) is 0 Å². The molecule has 104 valence electrons. The lowest BCUT2D eigenvalue weighted by Crippen LogP contribution is -2.18. The average molecular weight is 268 g/mol. The summed E-state index contributed by atoms with van der Waals surface area (Å²) >= 11 is 0. The van der Waals surface area contributed by atoms with Crippen LogP contribution in [0.2, 0.25) is 0 Å². The Morgan fingerprint density at radius 1 is 1.15 bits per heavy atom. The highest BCUT2D eigenvalue weighted by molar-refractivity contribution is 5.39. The van der Waals surface area contributed by atoms with E-state index in [0.717, 1.165) is 24.9 Å². The van der Waals surface area contributed by atoms with E-state index >= 15 is 0 Å². The largest absolute Gasteiger partial charge is 0.355 e. The van der Waals surface area contributed by atoms with Crippen LogP contribution in [0, 0.1) is 0 Å². The van der Waals surface area contributed by atoms with Crippen molar-refractivity contribution >= 4 is 5.82 Å². The van der Waals surface area contributed by atoms with Gasteiger partial charge in [-0.25, -0.2) is 4.98 Å². The van der Waals surface area contributed by atoms with Crippen molar-refractivity contribution in [3.05, 3.63) is 54.0 Å². The summed E-state index contributed by atoms with van der Waals surface area (Å²) in [5, 5.41) is 3.50. The molecule has 0 aliphatic heterocycles. The molecule has 1 fully saturated rings. The molecule has 2 heterocycles. The van der Waals surface area contributed by atoms with Gasteiger partial charge in [0.15, 0.2) is 0 Å². The zero-order valence-corrected chi connectivity index (χ0v) is 11.8. The van der Waals surface area contributed by atoms with Crippen LogP contribution >= 0.6 is 0 Å². The van der Waals surface area contributed by atoms with Gasteiger partial charge < -0.3 is 10.2 Å². The van der Waals surface area contributed by atoms with Crippen molar-refractivity contribution in [2.75, 3.05) is 11.9 Å². The summed E-state index contributed by atoms with van der Waals surface area (Å²) in [7, 11) is 2.06. The lowest BCUT2D eigenvalue weighted by Gasteiger charge is -2.18. The molecule has 0 spiro atoms. The fraction of sp³-hybridized carbons (Fsp3) is 0.375. The van der Waals surface area contributed by atoms with Gasteiger partial charge in [-0.3, -0.25) is 4.98 Å². The first-order chi connectivity index (χ1) is 9.81. The smallest absolute Gasteiger partial charge is 0.128 e. The van der Waals surface area contributed by atoms with Gasteiger partial charge in [-0.15, -0.1) is 0 Å². The molecule has 1 saturated carbocycles. The van der Waals surface area contributed by atoms with Crippen LogP contribution in [0.5, 0.6) is 0 Å². The Morgan fingerprint density at radius 3 is 2.60 bits per heavy atom. The van der Waals surface area contributed by atoms with Crippen molar-refractivity contribution in [3.8, 4) is 0 Å². The molecular formula is C16H20N4. The first kappa shape index (κ1) is 13.1. The van der Waals surface area contributed by atoms with Gasteiger partial charge in [-0.1, -0.05) is 6.07 Å². The summed E-state index contributed by atoms with van der Waals surface area (Å²) in [6, 6.07) is 9.05. The number of anilines is 1. The third-order valence-corrected chi connectivity index (χ3v) is 3.54. The van der Waals surface area contributed by atoms with Crippen LogP contribution in [0.15, 0.2) is 42.9 Å². The van der Waals surface area contributed by atoms with Crippen molar-refractivity contribution < 1.29 is 0 Å². The van der Waals surface area contributed by atoms with Gasteiger partial charge in [0.1, 0.15) is 5.82 Å². The zero-order valence-electron chi connectivity index (χ0n) is 11.8. The number of hydrogen-bond acceptors (Lipinski definition) is 4. The maximum atomic E-state index is 4.54. The second-order valence-corrected chi connectivity index (χ2v) is 5.39. The Labute approximate surface area is 119 Å². The molecule has 2 aromatic rings. The Balaban J connectivity index is 1.58. The molecule has 20 heavy (non-hydrogen) atoms. The molecule has 0 aromatic carbocycles. The molecule has 2 aromatic heterocycles. The summed E-state index contributed by atoms with van der Waals surface area (Å²) in [6.07, 6.45) is 8.25. The number of aromatic nitrogens is 2. The topological polar surface area (TPSA) is 41.1 Å². The van der Waals surface area contributed by atoms with E-state index in [1.807, 2.05) is 30.7 Å². The second kappa shape index (κ2) is 6.01. The minimum Gasteiger partial charge on any atom is -0.355 e. The summed E-state index contributed by atoms with van der Waals surface area (Å²) < 4.78 is 0. The molecule has 0 unspecified atom stereocenters. The molecule has 0 atom stereocenters. The van der Waals surface area contributed by atoms with E-state index in [1.165, 1.54) is 24.0 Å². The number of nitrogens with zero attached hydrogens (tertiary/aromatic N) is 3. The Hall–Kier alpha value is -1.94. The minimum atomic E-state index is 0.740. The monoisotopic (exact) mass is 268 g/mol. The first-order valence-corrected chi connectivity index (χ1v) is 7.09. The van der Waals surface area contributed by atoms with Crippen LogP contribution in [-0.4, -0.2) is 23.1 Å². The number of pyridine rings is 2. The summed E-state index contributed by atoms with van der Waals surface area (Å²) in [4.78, 5) is 10.7. The van der Waals surface area contributed by atoms with Crippen LogP contribution < -0.4 is 10.2 Å². The summed E-state index contributed by atoms with van der Waals surface area (Å²) in [5.41, 5.74) is 2.49. The zero-order chi connectivity index (χ0) is 13.8. The number of rotatable bonds is 6. The molecule has 0 amide bonds. The predicted molar refractivity (Wildman–Crippen MR) is 80.4 cm³/mol. The molecule has 4 heteroatoms. The van der Waals surface area contributed by atoms with Crippen molar-refractivity contribution in [1.29, 1.82) is 0 Å². The van der Waals surface area contributed by atoms with E-state index in [2.05, 4.69) is 39.4 Å². The third kappa shape index (κ3) is 3.54. The highest BCUT2D eigenvalue weighted by atomic mass is 15.2. The molecular weight excluding hydrogens is 248 g/mol. The van der Waals surface area contributed by atoms with E-state index in [-0.39, 0.29) is 0 Å².